The fourth-order valence-corrected chi connectivity index (χ4v) is 5.10. The van der Waals surface area contributed by atoms with E-state index in [0.717, 1.165) is 11.8 Å². The summed E-state index contributed by atoms with van der Waals surface area (Å²) >= 11 is 0. The highest BCUT2D eigenvalue weighted by atomic mass is 16.2. The molecule has 1 aliphatic heterocycles. The minimum Gasteiger partial charge on any atom is -0.278 e. The minimum absolute atomic E-state index is 0.0323. The van der Waals surface area contributed by atoms with Gasteiger partial charge in [0.15, 0.2) is 0 Å². The molecule has 0 radical (unpaired) electrons. The SMILES string of the molecule is O=C1CCC(=O)N1CC1=CC2CCC3C=CC(CC3)CCC1CC2. The van der Waals surface area contributed by atoms with Crippen LogP contribution in [0, 0.1) is 23.7 Å². The molecule has 6 aliphatic carbocycles. The lowest BCUT2D eigenvalue weighted by molar-refractivity contribution is -0.137. The molecular formula is C21H29NO2. The van der Waals surface area contributed by atoms with Gasteiger partial charge >= 0.3 is 0 Å². The summed E-state index contributed by atoms with van der Waals surface area (Å²) in [6.45, 7) is 0.572. The van der Waals surface area contributed by atoms with Crippen molar-refractivity contribution in [1.82, 2.24) is 4.90 Å². The Morgan fingerprint density at radius 3 is 1.83 bits per heavy atom. The Morgan fingerprint density at radius 2 is 1.25 bits per heavy atom. The van der Waals surface area contributed by atoms with Crippen LogP contribution in [0.1, 0.15) is 64.2 Å². The highest BCUT2D eigenvalue weighted by Gasteiger charge is 2.33. The van der Waals surface area contributed by atoms with Gasteiger partial charge in [-0.25, -0.2) is 0 Å². The molecule has 0 N–H and O–H groups in total. The Kier molecular flexibility index (Phi) is 4.60. The Hall–Kier alpha value is -1.38. The van der Waals surface area contributed by atoms with Crippen LogP contribution >= 0.6 is 0 Å². The summed E-state index contributed by atoms with van der Waals surface area (Å²) in [7, 11) is 0. The van der Waals surface area contributed by atoms with E-state index in [-0.39, 0.29) is 11.8 Å². The number of nitrogens with zero attached hydrogens (tertiary/aromatic N) is 1. The molecule has 3 nitrogen and oxygen atoms in total. The molecule has 7 aliphatic rings. The minimum atomic E-state index is 0.0323. The Balaban J connectivity index is 1.53. The van der Waals surface area contributed by atoms with Crippen molar-refractivity contribution in [2.45, 2.75) is 64.2 Å². The first-order valence-corrected chi connectivity index (χ1v) is 9.91. The predicted octanol–water partition coefficient (Wildman–Crippen LogP) is 4.24. The van der Waals surface area contributed by atoms with Gasteiger partial charge in [-0.3, -0.25) is 14.5 Å². The Bertz CT molecular complexity index is 560. The lowest BCUT2D eigenvalue weighted by atomic mass is 9.73. The predicted molar refractivity (Wildman–Crippen MR) is 94.1 cm³/mol. The van der Waals surface area contributed by atoms with Crippen LogP contribution in [-0.4, -0.2) is 23.3 Å². The van der Waals surface area contributed by atoms with Crippen molar-refractivity contribution in [2.24, 2.45) is 23.7 Å². The molecule has 1 saturated carbocycles. The molecule has 0 aromatic rings. The lowest BCUT2D eigenvalue weighted by Gasteiger charge is -2.34. The van der Waals surface area contributed by atoms with Gasteiger partial charge in [-0.1, -0.05) is 23.8 Å². The van der Waals surface area contributed by atoms with E-state index in [2.05, 4.69) is 18.2 Å². The van der Waals surface area contributed by atoms with Crippen molar-refractivity contribution >= 4 is 11.8 Å². The number of carbonyl (C=O) groups is 2. The molecule has 130 valence electrons. The molecule has 2 fully saturated rings. The van der Waals surface area contributed by atoms with Crippen LogP contribution in [0.4, 0.5) is 0 Å². The number of amides is 2. The topological polar surface area (TPSA) is 37.4 Å². The van der Waals surface area contributed by atoms with E-state index in [1.54, 1.807) is 0 Å². The maximum atomic E-state index is 12.0. The lowest BCUT2D eigenvalue weighted by Crippen LogP contribution is -2.34. The van der Waals surface area contributed by atoms with E-state index in [1.807, 2.05) is 0 Å². The third kappa shape index (κ3) is 3.36. The van der Waals surface area contributed by atoms with E-state index < -0.39 is 0 Å². The summed E-state index contributed by atoms with van der Waals surface area (Å²) in [4.78, 5) is 25.6. The molecule has 0 aromatic carbocycles. The summed E-state index contributed by atoms with van der Waals surface area (Å²) in [5.74, 6) is 2.81. The van der Waals surface area contributed by atoms with Crippen molar-refractivity contribution in [3.05, 3.63) is 23.8 Å². The zero-order valence-corrected chi connectivity index (χ0v) is 14.6. The average molecular weight is 327 g/mol. The van der Waals surface area contributed by atoms with Gasteiger partial charge < -0.3 is 0 Å². The average Bonchev–Trinajstić information content (AvgIpc) is 2.90. The number of hydrogen-bond donors (Lipinski definition) is 0. The second-order valence-electron chi connectivity index (χ2n) is 8.29. The van der Waals surface area contributed by atoms with Gasteiger partial charge in [-0.15, -0.1) is 0 Å². The standard InChI is InChI=1S/C21H29NO2/c23-20-11-12-21(24)22(20)14-19-13-17-6-5-15-1-3-16(4-2-15)7-9-18(19)10-8-17/h1,3,13,15-18H,2,4-12,14H2. The number of carbonyl (C=O) groups excluding carboxylic acids is 2. The normalized spacial score (nSPS) is 36.7. The van der Waals surface area contributed by atoms with Gasteiger partial charge in [-0.05, 0) is 75.0 Å². The second-order valence-corrected chi connectivity index (χ2v) is 8.29. The molecule has 4 bridgehead atoms. The first-order chi connectivity index (χ1) is 11.7. The third-order valence-electron chi connectivity index (χ3n) is 6.71. The molecule has 4 unspecified atom stereocenters. The second kappa shape index (κ2) is 6.85. The van der Waals surface area contributed by atoms with Gasteiger partial charge in [0.1, 0.15) is 0 Å². The van der Waals surface area contributed by atoms with Crippen LogP contribution in [0.5, 0.6) is 0 Å². The fourth-order valence-electron chi connectivity index (χ4n) is 5.10. The van der Waals surface area contributed by atoms with E-state index in [1.165, 1.54) is 61.8 Å². The fraction of sp³-hybridized carbons (Fsp3) is 0.714. The zero-order valence-electron chi connectivity index (χ0n) is 14.6. The molecular weight excluding hydrogens is 298 g/mol. The molecule has 3 heteroatoms. The molecule has 0 aromatic heterocycles. The Labute approximate surface area is 145 Å². The number of likely N-dealkylation sites (tertiary alicyclic amines) is 1. The van der Waals surface area contributed by atoms with Crippen LogP contribution in [-0.2, 0) is 9.59 Å². The maximum absolute atomic E-state index is 12.0. The van der Waals surface area contributed by atoms with Gasteiger partial charge in [0.05, 0.1) is 0 Å². The smallest absolute Gasteiger partial charge is 0.229 e. The molecule has 4 atom stereocenters. The third-order valence-corrected chi connectivity index (χ3v) is 6.71. The number of hydrogen-bond acceptors (Lipinski definition) is 2. The summed E-state index contributed by atoms with van der Waals surface area (Å²) in [5, 5.41) is 0. The van der Waals surface area contributed by atoms with Crippen LogP contribution in [0.2, 0.25) is 0 Å². The number of allylic oxidation sites excluding steroid dienone is 3. The first-order valence-electron chi connectivity index (χ1n) is 9.91. The van der Waals surface area contributed by atoms with Crippen molar-refractivity contribution in [1.29, 1.82) is 0 Å². The Morgan fingerprint density at radius 1 is 0.750 bits per heavy atom. The molecule has 0 spiro atoms. The van der Waals surface area contributed by atoms with Crippen LogP contribution in [0.15, 0.2) is 23.8 Å². The quantitative estimate of drug-likeness (QED) is 0.562. The highest BCUT2D eigenvalue weighted by Crippen LogP contribution is 2.39. The summed E-state index contributed by atoms with van der Waals surface area (Å²) in [6.07, 6.45) is 18.5. The number of rotatable bonds is 2. The van der Waals surface area contributed by atoms with E-state index in [4.69, 9.17) is 0 Å². The summed E-state index contributed by atoms with van der Waals surface area (Å²) < 4.78 is 0. The van der Waals surface area contributed by atoms with Gasteiger partial charge in [0.25, 0.3) is 0 Å². The van der Waals surface area contributed by atoms with Crippen molar-refractivity contribution in [3.63, 3.8) is 0 Å². The zero-order chi connectivity index (χ0) is 16.5. The molecule has 7 rings (SSSR count). The highest BCUT2D eigenvalue weighted by molar-refractivity contribution is 6.02. The van der Waals surface area contributed by atoms with Gasteiger partial charge in [-0.2, -0.15) is 0 Å². The van der Waals surface area contributed by atoms with E-state index >= 15 is 0 Å². The molecule has 1 heterocycles. The van der Waals surface area contributed by atoms with Crippen molar-refractivity contribution in [2.75, 3.05) is 6.54 Å². The van der Waals surface area contributed by atoms with Gasteiger partial charge in [0, 0.05) is 19.4 Å². The summed E-state index contributed by atoms with van der Waals surface area (Å²) in [6, 6.07) is 0. The van der Waals surface area contributed by atoms with Crippen LogP contribution in [0.25, 0.3) is 0 Å². The number of imide groups is 1. The van der Waals surface area contributed by atoms with Crippen LogP contribution in [0.3, 0.4) is 0 Å². The van der Waals surface area contributed by atoms with E-state index in [9.17, 15) is 9.59 Å². The van der Waals surface area contributed by atoms with Crippen molar-refractivity contribution < 1.29 is 9.59 Å². The molecule has 1 saturated heterocycles. The molecule has 24 heavy (non-hydrogen) atoms. The maximum Gasteiger partial charge on any atom is 0.229 e. The first kappa shape index (κ1) is 16.1. The van der Waals surface area contributed by atoms with Gasteiger partial charge in [0.2, 0.25) is 11.8 Å². The van der Waals surface area contributed by atoms with Crippen LogP contribution < -0.4 is 0 Å². The van der Waals surface area contributed by atoms with E-state index in [0.29, 0.717) is 31.2 Å². The summed E-state index contributed by atoms with van der Waals surface area (Å²) in [5.41, 5.74) is 1.38. The monoisotopic (exact) mass is 327 g/mol. The largest absolute Gasteiger partial charge is 0.278 e. The molecule has 2 amide bonds. The van der Waals surface area contributed by atoms with Crippen molar-refractivity contribution in [3.8, 4) is 0 Å².